The van der Waals surface area contributed by atoms with Gasteiger partial charge in [0.15, 0.2) is 5.82 Å². The summed E-state index contributed by atoms with van der Waals surface area (Å²) in [6.07, 6.45) is 6.91. The SMILES string of the molecule is CCCCC1=NC2(CCCC2)C(=O)N1Cc1ccc(-c2ccccc2SNc2noc(C)c2C)c(COCC)c1. The molecule has 7 nitrogen and oxygen atoms in total. The lowest BCUT2D eigenvalue weighted by Gasteiger charge is -2.23. The standard InChI is InChI=1S/C32H40N4O3S/c1-5-7-14-29-33-32(17-10-11-18-32)31(37)36(29)20-24-15-16-26(25(19-24)21-38-6-2)27-12-8-9-13-28(27)40-35-30-22(3)23(4)39-34-30/h8-9,12-13,15-16,19H,5-7,10-11,14,17-18,20-21H2,1-4H3,(H,34,35). The highest BCUT2D eigenvalue weighted by molar-refractivity contribution is 8.00. The molecule has 1 aromatic heterocycles. The normalized spacial score (nSPS) is 16.2. The Hall–Kier alpha value is -3.10. The molecule has 1 aliphatic heterocycles. The van der Waals surface area contributed by atoms with Crippen molar-refractivity contribution in [1.82, 2.24) is 10.1 Å². The van der Waals surface area contributed by atoms with E-state index in [-0.39, 0.29) is 5.91 Å². The number of hydrogen-bond donors (Lipinski definition) is 1. The highest BCUT2D eigenvalue weighted by atomic mass is 32.2. The number of benzene rings is 2. The maximum absolute atomic E-state index is 13.7. The maximum Gasteiger partial charge on any atom is 0.256 e. The maximum atomic E-state index is 13.7. The van der Waals surface area contributed by atoms with E-state index in [2.05, 4.69) is 53.2 Å². The Morgan fingerprint density at radius 1 is 1.10 bits per heavy atom. The summed E-state index contributed by atoms with van der Waals surface area (Å²) in [4.78, 5) is 21.8. The lowest BCUT2D eigenvalue weighted by atomic mass is 9.96. The van der Waals surface area contributed by atoms with Gasteiger partial charge >= 0.3 is 0 Å². The number of amides is 1. The van der Waals surface area contributed by atoms with Crippen molar-refractivity contribution in [3.8, 4) is 11.1 Å². The van der Waals surface area contributed by atoms with E-state index in [0.29, 0.717) is 19.8 Å². The largest absolute Gasteiger partial charge is 0.377 e. The van der Waals surface area contributed by atoms with Crippen LogP contribution in [0.4, 0.5) is 5.82 Å². The highest BCUT2D eigenvalue weighted by Crippen LogP contribution is 2.41. The van der Waals surface area contributed by atoms with E-state index < -0.39 is 5.54 Å². The van der Waals surface area contributed by atoms with Crippen LogP contribution in [0.1, 0.15) is 81.2 Å². The van der Waals surface area contributed by atoms with Crippen molar-refractivity contribution < 1.29 is 14.1 Å². The molecule has 0 unspecified atom stereocenters. The first-order chi connectivity index (χ1) is 19.5. The van der Waals surface area contributed by atoms with Crippen molar-refractivity contribution in [3.05, 3.63) is 64.9 Å². The van der Waals surface area contributed by atoms with Gasteiger partial charge in [-0.05, 0) is 80.3 Å². The van der Waals surface area contributed by atoms with Gasteiger partial charge in [0.05, 0.1) is 13.2 Å². The van der Waals surface area contributed by atoms with Crippen molar-refractivity contribution in [1.29, 1.82) is 0 Å². The molecule has 212 valence electrons. The van der Waals surface area contributed by atoms with Crippen molar-refractivity contribution in [2.75, 3.05) is 11.3 Å². The molecule has 0 bridgehead atoms. The third-order valence-electron chi connectivity index (χ3n) is 8.05. The minimum Gasteiger partial charge on any atom is -0.377 e. The van der Waals surface area contributed by atoms with Crippen LogP contribution in [0.25, 0.3) is 11.1 Å². The zero-order valence-corrected chi connectivity index (χ0v) is 24.9. The third kappa shape index (κ3) is 5.84. The lowest BCUT2D eigenvalue weighted by Crippen LogP contribution is -2.40. The molecule has 3 aromatic rings. The van der Waals surface area contributed by atoms with E-state index in [9.17, 15) is 4.79 Å². The van der Waals surface area contributed by atoms with Crippen LogP contribution in [0.5, 0.6) is 0 Å². The van der Waals surface area contributed by atoms with Crippen LogP contribution in [0, 0.1) is 13.8 Å². The van der Waals surface area contributed by atoms with Gasteiger partial charge in [-0.1, -0.05) is 67.7 Å². The molecule has 2 aromatic carbocycles. The van der Waals surface area contributed by atoms with Crippen molar-refractivity contribution in [3.63, 3.8) is 0 Å². The second-order valence-electron chi connectivity index (χ2n) is 10.8. The van der Waals surface area contributed by atoms with Gasteiger partial charge in [-0.25, -0.2) is 0 Å². The van der Waals surface area contributed by atoms with Gasteiger partial charge in [0.2, 0.25) is 0 Å². The molecule has 8 heteroatoms. The first-order valence-corrected chi connectivity index (χ1v) is 15.3. The fourth-order valence-electron chi connectivity index (χ4n) is 5.61. The summed E-state index contributed by atoms with van der Waals surface area (Å²) >= 11 is 1.52. The molecule has 2 heterocycles. The monoisotopic (exact) mass is 560 g/mol. The number of aromatic nitrogens is 1. The van der Waals surface area contributed by atoms with Crippen molar-refractivity contribution >= 4 is 29.5 Å². The average Bonchev–Trinajstić information content (AvgIpc) is 3.65. The van der Waals surface area contributed by atoms with Crippen molar-refractivity contribution in [2.45, 2.75) is 96.2 Å². The molecule has 1 fully saturated rings. The number of hydrogen-bond acceptors (Lipinski definition) is 7. The molecule has 1 spiro atoms. The summed E-state index contributed by atoms with van der Waals surface area (Å²) in [5, 5.41) is 4.14. The van der Waals surface area contributed by atoms with E-state index >= 15 is 0 Å². The number of carbonyl (C=O) groups is 1. The number of aliphatic imine (C=N–C) groups is 1. The van der Waals surface area contributed by atoms with Crippen LogP contribution in [-0.2, 0) is 22.7 Å². The van der Waals surface area contributed by atoms with Gasteiger partial charge in [0.1, 0.15) is 17.1 Å². The molecule has 0 atom stereocenters. The van der Waals surface area contributed by atoms with Gasteiger partial charge in [-0.15, -0.1) is 0 Å². The molecule has 2 aliphatic rings. The van der Waals surface area contributed by atoms with Gasteiger partial charge < -0.3 is 14.0 Å². The molecule has 40 heavy (non-hydrogen) atoms. The van der Waals surface area contributed by atoms with Crippen LogP contribution < -0.4 is 4.72 Å². The lowest BCUT2D eigenvalue weighted by molar-refractivity contribution is -0.131. The number of anilines is 1. The number of amidine groups is 1. The second kappa shape index (κ2) is 12.6. The Bertz CT molecular complexity index is 1380. The Kier molecular flexibility index (Phi) is 8.96. The van der Waals surface area contributed by atoms with Crippen LogP contribution >= 0.6 is 11.9 Å². The number of carbonyl (C=O) groups excluding carboxylic acids is 1. The van der Waals surface area contributed by atoms with E-state index in [4.69, 9.17) is 14.3 Å². The summed E-state index contributed by atoms with van der Waals surface area (Å²) < 4.78 is 14.6. The van der Waals surface area contributed by atoms with Gasteiger partial charge in [-0.2, -0.15) is 0 Å². The van der Waals surface area contributed by atoms with Crippen LogP contribution in [0.3, 0.4) is 0 Å². The fraction of sp³-hybridized carbons (Fsp3) is 0.469. The number of nitrogens with one attached hydrogen (secondary N) is 1. The van der Waals surface area contributed by atoms with Crippen LogP contribution in [0.15, 0.2) is 56.9 Å². The summed E-state index contributed by atoms with van der Waals surface area (Å²) in [6.45, 7) is 9.79. The summed E-state index contributed by atoms with van der Waals surface area (Å²) in [6, 6.07) is 14.9. The Morgan fingerprint density at radius 3 is 2.62 bits per heavy atom. The molecule has 0 radical (unpaired) electrons. The predicted molar refractivity (Wildman–Crippen MR) is 161 cm³/mol. The van der Waals surface area contributed by atoms with Gasteiger partial charge in [-0.3, -0.25) is 14.7 Å². The zero-order valence-electron chi connectivity index (χ0n) is 24.1. The smallest absolute Gasteiger partial charge is 0.256 e. The van der Waals surface area contributed by atoms with Crippen LogP contribution in [-0.4, -0.2) is 33.9 Å². The van der Waals surface area contributed by atoms with E-state index in [1.165, 1.54) is 11.9 Å². The number of unbranched alkanes of at least 4 members (excludes halogenated alkanes) is 1. The summed E-state index contributed by atoms with van der Waals surface area (Å²) in [5.41, 5.74) is 4.94. The number of nitrogens with zero attached hydrogens (tertiary/aromatic N) is 3. The molecule has 1 saturated carbocycles. The molecule has 1 amide bonds. The second-order valence-corrected chi connectivity index (χ2v) is 11.7. The van der Waals surface area contributed by atoms with Gasteiger partial charge in [0, 0.05) is 23.5 Å². The van der Waals surface area contributed by atoms with Crippen LogP contribution in [0.2, 0.25) is 0 Å². The Balaban J connectivity index is 1.42. The molecular weight excluding hydrogens is 520 g/mol. The Labute approximate surface area is 241 Å². The van der Waals surface area contributed by atoms with E-state index in [1.54, 1.807) is 0 Å². The number of rotatable bonds is 12. The first kappa shape index (κ1) is 28.4. The highest BCUT2D eigenvalue weighted by Gasteiger charge is 2.49. The predicted octanol–water partition coefficient (Wildman–Crippen LogP) is 7.86. The number of ether oxygens (including phenoxy) is 1. The zero-order chi connectivity index (χ0) is 28.1. The molecule has 1 aliphatic carbocycles. The summed E-state index contributed by atoms with van der Waals surface area (Å²) in [7, 11) is 0. The fourth-order valence-corrected chi connectivity index (χ4v) is 6.45. The average molecular weight is 561 g/mol. The quantitative estimate of drug-likeness (QED) is 0.227. The first-order valence-electron chi connectivity index (χ1n) is 14.5. The number of aryl methyl sites for hydroxylation is 1. The molecule has 5 rings (SSSR count). The Morgan fingerprint density at radius 2 is 1.90 bits per heavy atom. The summed E-state index contributed by atoms with van der Waals surface area (Å²) in [5.74, 6) is 2.70. The van der Waals surface area contributed by atoms with Gasteiger partial charge in [0.25, 0.3) is 5.91 Å². The molecule has 1 N–H and O–H groups in total. The molecular formula is C32H40N4O3S. The van der Waals surface area contributed by atoms with Crippen molar-refractivity contribution in [2.24, 2.45) is 4.99 Å². The molecule has 0 saturated heterocycles. The minimum absolute atomic E-state index is 0.192. The third-order valence-corrected chi connectivity index (χ3v) is 8.92. The van der Waals surface area contributed by atoms with E-state index in [1.807, 2.05) is 31.7 Å². The topological polar surface area (TPSA) is 80.0 Å². The minimum atomic E-state index is -0.513. The van der Waals surface area contributed by atoms with E-state index in [0.717, 1.165) is 95.1 Å².